The van der Waals surface area contributed by atoms with Crippen LogP contribution in [-0.4, -0.2) is 18.4 Å². The van der Waals surface area contributed by atoms with Crippen LogP contribution in [0.25, 0.3) is 6.08 Å². The molecule has 112 valence electrons. The molecule has 0 radical (unpaired) electrons. The molecule has 0 aliphatic rings. The Morgan fingerprint density at radius 3 is 2.67 bits per heavy atom. The van der Waals surface area contributed by atoms with Crippen molar-refractivity contribution in [2.24, 2.45) is 10.7 Å². The normalized spacial score (nSPS) is 12.4. The van der Waals surface area contributed by atoms with E-state index in [1.165, 1.54) is 24.3 Å². The number of rotatable bonds is 4. The lowest BCUT2D eigenvalue weighted by molar-refractivity contribution is -0.137. The number of guanidine groups is 1. The average molecular weight is 297 g/mol. The number of amides is 1. The second kappa shape index (κ2) is 7.28. The Labute approximate surface area is 119 Å². The van der Waals surface area contributed by atoms with Crippen molar-refractivity contribution in [3.63, 3.8) is 0 Å². The SMILES string of the molecule is C=CCN=C(N)NC(=O)C=Cc1ccccc1C(F)(F)F. The number of benzene rings is 1. The summed E-state index contributed by atoms with van der Waals surface area (Å²) in [6.07, 6.45) is -0.976. The summed E-state index contributed by atoms with van der Waals surface area (Å²) in [4.78, 5) is 15.2. The van der Waals surface area contributed by atoms with Crippen LogP contribution in [0.15, 0.2) is 48.0 Å². The van der Waals surface area contributed by atoms with Crippen LogP contribution in [0.1, 0.15) is 11.1 Å². The molecule has 1 aromatic rings. The second-order valence-corrected chi connectivity index (χ2v) is 3.92. The van der Waals surface area contributed by atoms with Crippen LogP contribution in [0.3, 0.4) is 0 Å². The zero-order valence-electron chi connectivity index (χ0n) is 11.0. The Balaban J connectivity index is 2.82. The minimum Gasteiger partial charge on any atom is -0.370 e. The summed E-state index contributed by atoms with van der Waals surface area (Å²) in [6, 6.07) is 4.94. The van der Waals surface area contributed by atoms with E-state index in [0.29, 0.717) is 0 Å². The van der Waals surface area contributed by atoms with Gasteiger partial charge in [-0.25, -0.2) is 4.99 Å². The van der Waals surface area contributed by atoms with Gasteiger partial charge in [-0.15, -0.1) is 6.58 Å². The summed E-state index contributed by atoms with van der Waals surface area (Å²) in [5.41, 5.74) is 4.46. The van der Waals surface area contributed by atoms with E-state index in [1.54, 1.807) is 0 Å². The molecule has 4 nitrogen and oxygen atoms in total. The first-order chi connectivity index (χ1) is 9.84. The van der Waals surface area contributed by atoms with Crippen LogP contribution in [-0.2, 0) is 11.0 Å². The largest absolute Gasteiger partial charge is 0.416 e. The van der Waals surface area contributed by atoms with Crippen molar-refractivity contribution in [2.75, 3.05) is 6.54 Å². The Morgan fingerprint density at radius 2 is 2.05 bits per heavy atom. The van der Waals surface area contributed by atoms with E-state index in [4.69, 9.17) is 5.73 Å². The fraction of sp³-hybridized carbons (Fsp3) is 0.143. The fourth-order valence-corrected chi connectivity index (χ4v) is 1.44. The highest BCUT2D eigenvalue weighted by atomic mass is 19.4. The summed E-state index contributed by atoms with van der Waals surface area (Å²) in [7, 11) is 0. The van der Waals surface area contributed by atoms with Crippen LogP contribution in [0, 0.1) is 0 Å². The highest BCUT2D eigenvalue weighted by Crippen LogP contribution is 2.32. The van der Waals surface area contributed by atoms with E-state index in [1.807, 2.05) is 0 Å². The molecule has 0 aromatic heterocycles. The Bertz CT molecular complexity index is 577. The van der Waals surface area contributed by atoms with Crippen molar-refractivity contribution in [3.05, 3.63) is 54.1 Å². The van der Waals surface area contributed by atoms with Crippen molar-refractivity contribution < 1.29 is 18.0 Å². The molecule has 0 saturated heterocycles. The zero-order chi connectivity index (χ0) is 15.9. The van der Waals surface area contributed by atoms with Gasteiger partial charge in [0.2, 0.25) is 0 Å². The van der Waals surface area contributed by atoms with Crippen LogP contribution in [0.5, 0.6) is 0 Å². The van der Waals surface area contributed by atoms with Gasteiger partial charge in [-0.1, -0.05) is 24.3 Å². The van der Waals surface area contributed by atoms with Crippen LogP contribution < -0.4 is 11.1 Å². The molecule has 1 rings (SSSR count). The van der Waals surface area contributed by atoms with Gasteiger partial charge < -0.3 is 5.73 Å². The predicted octanol–water partition coefficient (Wildman–Crippen LogP) is 2.34. The van der Waals surface area contributed by atoms with Crippen molar-refractivity contribution in [2.45, 2.75) is 6.18 Å². The number of nitrogens with zero attached hydrogens (tertiary/aromatic N) is 1. The van der Waals surface area contributed by atoms with E-state index in [-0.39, 0.29) is 18.1 Å². The van der Waals surface area contributed by atoms with Crippen molar-refractivity contribution in [1.29, 1.82) is 0 Å². The van der Waals surface area contributed by atoms with Crippen molar-refractivity contribution >= 4 is 17.9 Å². The van der Waals surface area contributed by atoms with Crippen LogP contribution >= 0.6 is 0 Å². The van der Waals surface area contributed by atoms with Gasteiger partial charge in [0.15, 0.2) is 5.96 Å². The topological polar surface area (TPSA) is 67.5 Å². The number of hydrogen-bond acceptors (Lipinski definition) is 2. The molecule has 0 aliphatic heterocycles. The first-order valence-corrected chi connectivity index (χ1v) is 5.90. The second-order valence-electron chi connectivity index (χ2n) is 3.92. The van der Waals surface area contributed by atoms with Crippen LogP contribution in [0.2, 0.25) is 0 Å². The lowest BCUT2D eigenvalue weighted by atomic mass is 10.1. The number of hydrogen-bond donors (Lipinski definition) is 2. The van der Waals surface area contributed by atoms with E-state index in [9.17, 15) is 18.0 Å². The Hall–Kier alpha value is -2.57. The molecular formula is C14H14F3N3O. The van der Waals surface area contributed by atoms with Gasteiger partial charge in [0.1, 0.15) is 0 Å². The third-order valence-corrected chi connectivity index (χ3v) is 2.32. The highest BCUT2D eigenvalue weighted by molar-refractivity contribution is 6.03. The first kappa shape index (κ1) is 16.5. The van der Waals surface area contributed by atoms with E-state index < -0.39 is 17.6 Å². The maximum absolute atomic E-state index is 12.7. The Kier molecular flexibility index (Phi) is 5.71. The molecule has 21 heavy (non-hydrogen) atoms. The summed E-state index contributed by atoms with van der Waals surface area (Å²) in [5.74, 6) is -0.800. The van der Waals surface area contributed by atoms with Crippen LogP contribution in [0.4, 0.5) is 13.2 Å². The third-order valence-electron chi connectivity index (χ3n) is 2.32. The molecular weight excluding hydrogens is 283 g/mol. The van der Waals surface area contributed by atoms with Gasteiger partial charge in [0.25, 0.3) is 5.91 Å². The zero-order valence-corrected chi connectivity index (χ0v) is 11.0. The van der Waals surface area contributed by atoms with E-state index >= 15 is 0 Å². The summed E-state index contributed by atoms with van der Waals surface area (Å²) < 4.78 is 38.2. The first-order valence-electron chi connectivity index (χ1n) is 5.90. The summed E-state index contributed by atoms with van der Waals surface area (Å²) in [5, 5.41) is 2.22. The fourth-order valence-electron chi connectivity index (χ4n) is 1.44. The van der Waals surface area contributed by atoms with Gasteiger partial charge in [0, 0.05) is 6.08 Å². The van der Waals surface area contributed by atoms with Gasteiger partial charge in [-0.2, -0.15) is 13.2 Å². The van der Waals surface area contributed by atoms with Gasteiger partial charge in [-0.3, -0.25) is 10.1 Å². The minimum atomic E-state index is -4.48. The maximum atomic E-state index is 12.7. The molecule has 0 bridgehead atoms. The molecule has 3 N–H and O–H groups in total. The summed E-state index contributed by atoms with van der Waals surface area (Å²) >= 11 is 0. The standard InChI is InChI=1S/C14H14F3N3O/c1-2-9-19-13(18)20-12(21)8-7-10-5-3-4-6-11(10)14(15,16)17/h2-8H,1,9H2,(H3,18,19,20,21). The number of aliphatic imine (C=N–C) groups is 1. The number of nitrogens with one attached hydrogen (secondary N) is 1. The smallest absolute Gasteiger partial charge is 0.370 e. The predicted molar refractivity (Wildman–Crippen MR) is 75.3 cm³/mol. The third kappa shape index (κ3) is 5.52. The lowest BCUT2D eigenvalue weighted by Gasteiger charge is -2.09. The molecule has 1 aromatic carbocycles. The molecule has 1 amide bonds. The molecule has 0 fully saturated rings. The molecule has 0 spiro atoms. The number of halogens is 3. The van der Waals surface area contributed by atoms with E-state index in [2.05, 4.69) is 16.9 Å². The number of nitrogens with two attached hydrogens (primary N) is 1. The molecule has 0 saturated carbocycles. The van der Waals surface area contributed by atoms with Gasteiger partial charge in [0.05, 0.1) is 12.1 Å². The summed E-state index contributed by atoms with van der Waals surface area (Å²) in [6.45, 7) is 3.65. The van der Waals surface area contributed by atoms with E-state index in [0.717, 1.165) is 18.2 Å². The molecule has 7 heteroatoms. The minimum absolute atomic E-state index is 0.109. The molecule has 0 aliphatic carbocycles. The quantitative estimate of drug-likeness (QED) is 0.388. The highest BCUT2D eigenvalue weighted by Gasteiger charge is 2.32. The monoisotopic (exact) mass is 297 g/mol. The number of carbonyl (C=O) groups is 1. The maximum Gasteiger partial charge on any atom is 0.416 e. The molecule has 0 unspecified atom stereocenters. The average Bonchev–Trinajstić information content (AvgIpc) is 2.42. The molecule has 0 atom stereocenters. The van der Waals surface area contributed by atoms with Gasteiger partial charge >= 0.3 is 6.18 Å². The molecule has 0 heterocycles. The lowest BCUT2D eigenvalue weighted by Crippen LogP contribution is -2.35. The van der Waals surface area contributed by atoms with Gasteiger partial charge in [-0.05, 0) is 17.7 Å². The number of alkyl halides is 3. The van der Waals surface area contributed by atoms with Crippen molar-refractivity contribution in [3.8, 4) is 0 Å². The number of carbonyl (C=O) groups excluding carboxylic acids is 1. The van der Waals surface area contributed by atoms with Crippen molar-refractivity contribution in [1.82, 2.24) is 5.32 Å². The Morgan fingerprint density at radius 1 is 1.38 bits per heavy atom.